The zero-order valence-electron chi connectivity index (χ0n) is 37.9. The number of rotatable bonds is 8. The first kappa shape index (κ1) is 40.3. The molecule has 1 heteroatoms. The zero-order chi connectivity index (χ0) is 45.7. The summed E-state index contributed by atoms with van der Waals surface area (Å²) in [7, 11) is 0. The third-order valence-electron chi connectivity index (χ3n) is 14.0. The average molecular weight is 876 g/mol. The van der Waals surface area contributed by atoms with Crippen LogP contribution in [0.25, 0.3) is 109 Å². The molecule has 0 aromatic heterocycles. The third kappa shape index (κ3) is 7.12. The van der Waals surface area contributed by atoms with Crippen molar-refractivity contribution in [3.8, 4) is 55.6 Å². The Morgan fingerprint density at radius 2 is 0.725 bits per heavy atom. The summed E-state index contributed by atoms with van der Waals surface area (Å²) in [5.41, 5.74) is 15.2. The van der Waals surface area contributed by atoms with Crippen LogP contribution in [0.4, 0.5) is 17.1 Å². The number of para-hydroxylation sites is 1. The van der Waals surface area contributed by atoms with Crippen LogP contribution in [0.15, 0.2) is 273 Å². The Kier molecular flexibility index (Phi) is 9.91. The highest BCUT2D eigenvalue weighted by Gasteiger charge is 2.22. The fraction of sp³-hybridized carbons (Fsp3) is 0. The van der Waals surface area contributed by atoms with Crippen molar-refractivity contribution in [2.45, 2.75) is 0 Å². The van der Waals surface area contributed by atoms with Gasteiger partial charge in [-0.15, -0.1) is 0 Å². The summed E-state index contributed by atoms with van der Waals surface area (Å²) >= 11 is 0. The van der Waals surface area contributed by atoms with Crippen LogP contribution < -0.4 is 4.90 Å². The first-order valence-corrected chi connectivity index (χ1v) is 23.8. The van der Waals surface area contributed by atoms with Gasteiger partial charge >= 0.3 is 0 Å². The normalized spacial score (nSPS) is 11.5. The van der Waals surface area contributed by atoms with Gasteiger partial charge in [0, 0.05) is 16.9 Å². The second-order valence-electron chi connectivity index (χ2n) is 18.0. The highest BCUT2D eigenvalue weighted by Crippen LogP contribution is 2.48. The van der Waals surface area contributed by atoms with Crippen molar-refractivity contribution in [3.63, 3.8) is 0 Å². The number of hydrogen-bond donors (Lipinski definition) is 0. The number of benzene rings is 13. The van der Waals surface area contributed by atoms with Crippen molar-refractivity contribution in [3.05, 3.63) is 273 Å². The number of anilines is 3. The van der Waals surface area contributed by atoms with Crippen molar-refractivity contribution >= 4 is 70.9 Å². The van der Waals surface area contributed by atoms with E-state index in [2.05, 4.69) is 278 Å². The van der Waals surface area contributed by atoms with Gasteiger partial charge in [-0.05, 0) is 152 Å². The number of nitrogens with zero attached hydrogens (tertiary/aromatic N) is 1. The van der Waals surface area contributed by atoms with E-state index in [1.807, 2.05) is 0 Å². The molecule has 0 aliphatic heterocycles. The summed E-state index contributed by atoms with van der Waals surface area (Å²) in [6.45, 7) is 0. The van der Waals surface area contributed by atoms with Crippen LogP contribution in [0.2, 0.25) is 0 Å². The van der Waals surface area contributed by atoms with E-state index in [9.17, 15) is 0 Å². The van der Waals surface area contributed by atoms with Gasteiger partial charge < -0.3 is 4.90 Å². The maximum absolute atomic E-state index is 2.44. The predicted molar refractivity (Wildman–Crippen MR) is 296 cm³/mol. The van der Waals surface area contributed by atoms with Crippen LogP contribution >= 0.6 is 0 Å². The van der Waals surface area contributed by atoms with Gasteiger partial charge in [-0.3, -0.25) is 0 Å². The molecule has 0 amide bonds. The van der Waals surface area contributed by atoms with Gasteiger partial charge in [0.05, 0.1) is 5.69 Å². The predicted octanol–water partition coefficient (Wildman–Crippen LogP) is 19.3. The SMILES string of the molecule is c1ccc(-c2c(-c3ccccc3)c3cc(-c4ccccc4N(c4ccc(-c5cc6ccccc6c6ccccc56)cc4)c4cccc(-c5ccc6ccccc6c5)c4)ccc3c3ccccc23)cc1. The van der Waals surface area contributed by atoms with Crippen molar-refractivity contribution in [1.82, 2.24) is 0 Å². The summed E-state index contributed by atoms with van der Waals surface area (Å²) < 4.78 is 0. The highest BCUT2D eigenvalue weighted by atomic mass is 15.1. The van der Waals surface area contributed by atoms with Crippen LogP contribution in [0.5, 0.6) is 0 Å². The molecule has 0 saturated heterocycles. The molecule has 0 bridgehead atoms. The zero-order valence-corrected chi connectivity index (χ0v) is 37.9. The molecule has 0 saturated carbocycles. The Morgan fingerprint density at radius 1 is 0.203 bits per heavy atom. The van der Waals surface area contributed by atoms with E-state index < -0.39 is 0 Å². The Labute approximate surface area is 402 Å². The molecule has 0 fully saturated rings. The lowest BCUT2D eigenvalue weighted by Crippen LogP contribution is -2.11. The lowest BCUT2D eigenvalue weighted by atomic mass is 9.84. The lowest BCUT2D eigenvalue weighted by Gasteiger charge is -2.29. The molecular weight excluding hydrogens is 831 g/mol. The Morgan fingerprint density at radius 3 is 1.48 bits per heavy atom. The summed E-state index contributed by atoms with van der Waals surface area (Å²) in [5.74, 6) is 0. The van der Waals surface area contributed by atoms with Crippen molar-refractivity contribution in [2.75, 3.05) is 4.90 Å². The minimum Gasteiger partial charge on any atom is -0.310 e. The van der Waals surface area contributed by atoms with Crippen LogP contribution in [-0.4, -0.2) is 0 Å². The smallest absolute Gasteiger partial charge is 0.0540 e. The molecule has 1 nitrogen and oxygen atoms in total. The number of hydrogen-bond acceptors (Lipinski definition) is 1. The van der Waals surface area contributed by atoms with Crippen molar-refractivity contribution in [2.24, 2.45) is 0 Å². The second-order valence-corrected chi connectivity index (χ2v) is 18.0. The summed E-state index contributed by atoms with van der Waals surface area (Å²) in [4.78, 5) is 2.44. The largest absolute Gasteiger partial charge is 0.310 e. The molecule has 0 atom stereocenters. The molecule has 13 aromatic carbocycles. The Hall–Kier alpha value is -9.04. The van der Waals surface area contributed by atoms with Gasteiger partial charge in [-0.1, -0.05) is 224 Å². The quantitative estimate of drug-likeness (QED) is 0.138. The van der Waals surface area contributed by atoms with Crippen molar-refractivity contribution in [1.29, 1.82) is 0 Å². The maximum Gasteiger partial charge on any atom is 0.0540 e. The summed E-state index contributed by atoms with van der Waals surface area (Å²) in [5, 5.41) is 12.5. The Bertz CT molecular complexity index is 4060. The van der Waals surface area contributed by atoms with Crippen LogP contribution in [0, 0.1) is 0 Å². The van der Waals surface area contributed by atoms with Gasteiger partial charge in [0.2, 0.25) is 0 Å². The molecule has 322 valence electrons. The van der Waals surface area contributed by atoms with E-state index in [1.54, 1.807) is 0 Å². The lowest BCUT2D eigenvalue weighted by molar-refractivity contribution is 1.28. The van der Waals surface area contributed by atoms with Crippen molar-refractivity contribution < 1.29 is 0 Å². The molecule has 0 radical (unpaired) electrons. The maximum atomic E-state index is 2.44. The molecule has 0 unspecified atom stereocenters. The summed E-state index contributed by atoms with van der Waals surface area (Å²) in [6, 6.07) is 100. The van der Waals surface area contributed by atoms with E-state index in [-0.39, 0.29) is 0 Å². The minimum absolute atomic E-state index is 1.08. The van der Waals surface area contributed by atoms with Crippen LogP contribution in [0.3, 0.4) is 0 Å². The van der Waals surface area contributed by atoms with E-state index >= 15 is 0 Å². The minimum atomic E-state index is 1.08. The van der Waals surface area contributed by atoms with E-state index in [0.717, 1.165) is 28.2 Å². The van der Waals surface area contributed by atoms with Gasteiger partial charge in [0.1, 0.15) is 0 Å². The first-order valence-electron chi connectivity index (χ1n) is 23.8. The monoisotopic (exact) mass is 875 g/mol. The van der Waals surface area contributed by atoms with E-state index in [1.165, 1.54) is 98.4 Å². The molecule has 13 rings (SSSR count). The number of fused-ring (bicyclic) bond motifs is 7. The highest BCUT2D eigenvalue weighted by molar-refractivity contribution is 6.22. The van der Waals surface area contributed by atoms with Crippen LogP contribution in [-0.2, 0) is 0 Å². The first-order chi connectivity index (χ1) is 34.2. The average Bonchev–Trinajstić information content (AvgIpc) is 3.43. The van der Waals surface area contributed by atoms with E-state index in [0.29, 0.717) is 0 Å². The summed E-state index contributed by atoms with van der Waals surface area (Å²) in [6.07, 6.45) is 0. The molecule has 0 aliphatic carbocycles. The second kappa shape index (κ2) is 17.0. The molecule has 69 heavy (non-hydrogen) atoms. The molecule has 13 aromatic rings. The standard InChI is InChI=1S/C68H45N/c1-3-19-48(20-4-1)67-63-32-14-13-30-60(63)62-41-38-54(45-65(62)68(67)49-21-5-2-6-22-49)58-28-15-16-33-66(58)69(56-26-17-25-51(43-56)52-35-34-46-18-7-8-23-50(46)42-52)55-39-36-47(37-40-55)64-44-53-24-9-10-27-57(53)59-29-11-12-31-61(59)64/h1-45H. The third-order valence-corrected chi connectivity index (χ3v) is 14.0. The molecule has 0 heterocycles. The molecule has 0 aliphatic rings. The molecule has 0 spiro atoms. The van der Waals surface area contributed by atoms with Crippen LogP contribution in [0.1, 0.15) is 0 Å². The topological polar surface area (TPSA) is 3.24 Å². The Balaban J connectivity index is 1.02. The fourth-order valence-corrected chi connectivity index (χ4v) is 10.8. The fourth-order valence-electron chi connectivity index (χ4n) is 10.8. The molecular formula is C68H45N. The van der Waals surface area contributed by atoms with E-state index in [4.69, 9.17) is 0 Å². The van der Waals surface area contributed by atoms with Gasteiger partial charge in [-0.2, -0.15) is 0 Å². The molecule has 0 N–H and O–H groups in total. The van der Waals surface area contributed by atoms with Gasteiger partial charge in [0.25, 0.3) is 0 Å². The van der Waals surface area contributed by atoms with Gasteiger partial charge in [-0.25, -0.2) is 0 Å². The van der Waals surface area contributed by atoms with Gasteiger partial charge in [0.15, 0.2) is 0 Å².